The SMILES string of the molecule is O=C1CN(C(=O)CCc2cccc(F)c2)c2ccccc2N1. The second-order valence-corrected chi connectivity index (χ2v) is 5.18. The number of nitrogens with zero attached hydrogens (tertiary/aromatic N) is 1. The van der Waals surface area contributed by atoms with Gasteiger partial charge in [0.2, 0.25) is 11.8 Å². The van der Waals surface area contributed by atoms with Crippen molar-refractivity contribution < 1.29 is 14.0 Å². The Hall–Kier alpha value is -2.69. The molecule has 3 rings (SSSR count). The molecule has 0 spiro atoms. The van der Waals surface area contributed by atoms with Crippen molar-refractivity contribution in [3.63, 3.8) is 0 Å². The normalized spacial score (nSPS) is 13.5. The zero-order valence-electron chi connectivity index (χ0n) is 11.9. The average molecular weight is 298 g/mol. The smallest absolute Gasteiger partial charge is 0.244 e. The number of fused-ring (bicyclic) bond motifs is 1. The minimum Gasteiger partial charge on any atom is -0.323 e. The molecule has 4 nitrogen and oxygen atoms in total. The number of para-hydroxylation sites is 2. The van der Waals surface area contributed by atoms with Crippen LogP contribution in [0.15, 0.2) is 48.5 Å². The van der Waals surface area contributed by atoms with E-state index in [1.54, 1.807) is 30.3 Å². The first-order valence-corrected chi connectivity index (χ1v) is 7.07. The summed E-state index contributed by atoms with van der Waals surface area (Å²) in [5.74, 6) is -0.669. The van der Waals surface area contributed by atoms with Crippen LogP contribution in [-0.4, -0.2) is 18.4 Å². The minimum atomic E-state index is -0.312. The molecule has 0 unspecified atom stereocenters. The van der Waals surface area contributed by atoms with Gasteiger partial charge >= 0.3 is 0 Å². The van der Waals surface area contributed by atoms with Crippen molar-refractivity contribution in [3.05, 3.63) is 59.9 Å². The van der Waals surface area contributed by atoms with Crippen LogP contribution in [0.4, 0.5) is 15.8 Å². The number of carbonyl (C=O) groups is 2. The Bertz CT molecular complexity index is 730. The molecule has 0 fully saturated rings. The van der Waals surface area contributed by atoms with Gasteiger partial charge in [0.1, 0.15) is 12.4 Å². The predicted octanol–water partition coefficient (Wildman–Crippen LogP) is 2.74. The van der Waals surface area contributed by atoms with Gasteiger partial charge in [0.15, 0.2) is 0 Å². The Labute approximate surface area is 127 Å². The first kappa shape index (κ1) is 14.3. The molecule has 2 aromatic rings. The fourth-order valence-electron chi connectivity index (χ4n) is 2.53. The quantitative estimate of drug-likeness (QED) is 0.947. The molecule has 1 heterocycles. The van der Waals surface area contributed by atoms with E-state index in [4.69, 9.17) is 0 Å². The molecule has 5 heteroatoms. The minimum absolute atomic E-state index is 0.0129. The number of hydrogen-bond acceptors (Lipinski definition) is 2. The van der Waals surface area contributed by atoms with Gasteiger partial charge in [-0.15, -0.1) is 0 Å². The molecule has 1 aliphatic heterocycles. The molecule has 2 amide bonds. The average Bonchev–Trinajstić information content (AvgIpc) is 2.52. The van der Waals surface area contributed by atoms with Crippen LogP contribution >= 0.6 is 0 Å². The molecule has 2 aromatic carbocycles. The number of amides is 2. The van der Waals surface area contributed by atoms with Crippen molar-refractivity contribution in [2.45, 2.75) is 12.8 Å². The molecular weight excluding hydrogens is 283 g/mol. The van der Waals surface area contributed by atoms with E-state index in [1.165, 1.54) is 17.0 Å². The number of rotatable bonds is 3. The Balaban J connectivity index is 1.74. The molecule has 1 N–H and O–H groups in total. The number of benzene rings is 2. The van der Waals surface area contributed by atoms with Crippen LogP contribution in [0.5, 0.6) is 0 Å². The largest absolute Gasteiger partial charge is 0.323 e. The van der Waals surface area contributed by atoms with Crippen molar-refractivity contribution in [1.82, 2.24) is 0 Å². The third kappa shape index (κ3) is 2.98. The van der Waals surface area contributed by atoms with Gasteiger partial charge in [-0.25, -0.2) is 4.39 Å². The van der Waals surface area contributed by atoms with Gasteiger partial charge in [0, 0.05) is 6.42 Å². The van der Waals surface area contributed by atoms with Crippen LogP contribution in [0, 0.1) is 5.82 Å². The summed E-state index contributed by atoms with van der Waals surface area (Å²) in [6.45, 7) is 0.0129. The number of anilines is 2. The lowest BCUT2D eigenvalue weighted by Gasteiger charge is -2.29. The molecule has 0 aliphatic carbocycles. The van der Waals surface area contributed by atoms with Gasteiger partial charge in [-0.2, -0.15) is 0 Å². The summed E-state index contributed by atoms with van der Waals surface area (Å²) in [6.07, 6.45) is 0.669. The highest BCUT2D eigenvalue weighted by Gasteiger charge is 2.26. The maximum absolute atomic E-state index is 13.1. The van der Waals surface area contributed by atoms with Crippen molar-refractivity contribution in [3.8, 4) is 0 Å². The van der Waals surface area contributed by atoms with E-state index in [0.29, 0.717) is 17.8 Å². The molecule has 22 heavy (non-hydrogen) atoms. The van der Waals surface area contributed by atoms with E-state index in [0.717, 1.165) is 5.56 Å². The molecule has 0 saturated carbocycles. The highest BCUT2D eigenvalue weighted by atomic mass is 19.1. The first-order chi connectivity index (χ1) is 10.6. The molecule has 0 aromatic heterocycles. The third-order valence-electron chi connectivity index (χ3n) is 3.59. The first-order valence-electron chi connectivity index (χ1n) is 7.07. The van der Waals surface area contributed by atoms with Gasteiger partial charge in [-0.1, -0.05) is 24.3 Å². The highest BCUT2D eigenvalue weighted by molar-refractivity contribution is 6.09. The van der Waals surface area contributed by atoms with Gasteiger partial charge < -0.3 is 10.2 Å². The molecule has 112 valence electrons. The van der Waals surface area contributed by atoms with Crippen LogP contribution in [0.2, 0.25) is 0 Å². The Morgan fingerprint density at radius 1 is 1.18 bits per heavy atom. The molecule has 0 bridgehead atoms. The van der Waals surface area contributed by atoms with E-state index >= 15 is 0 Å². The fraction of sp³-hybridized carbons (Fsp3) is 0.176. The van der Waals surface area contributed by atoms with E-state index in [-0.39, 0.29) is 30.6 Å². The van der Waals surface area contributed by atoms with Crippen LogP contribution in [0.3, 0.4) is 0 Å². The molecule has 0 radical (unpaired) electrons. The van der Waals surface area contributed by atoms with Crippen LogP contribution in [-0.2, 0) is 16.0 Å². The maximum Gasteiger partial charge on any atom is 0.244 e. The molecule has 1 aliphatic rings. The number of halogens is 1. The monoisotopic (exact) mass is 298 g/mol. The Morgan fingerprint density at radius 3 is 2.82 bits per heavy atom. The summed E-state index contributed by atoms with van der Waals surface area (Å²) in [5.41, 5.74) is 2.10. The number of aryl methyl sites for hydroxylation is 1. The van der Waals surface area contributed by atoms with Crippen molar-refractivity contribution in [2.24, 2.45) is 0 Å². The van der Waals surface area contributed by atoms with Gasteiger partial charge in [0.25, 0.3) is 0 Å². The summed E-state index contributed by atoms with van der Waals surface area (Å²) < 4.78 is 13.1. The van der Waals surface area contributed by atoms with Crippen LogP contribution in [0.1, 0.15) is 12.0 Å². The van der Waals surface area contributed by atoms with Gasteiger partial charge in [-0.3, -0.25) is 9.59 Å². The second-order valence-electron chi connectivity index (χ2n) is 5.18. The number of carbonyl (C=O) groups excluding carboxylic acids is 2. The highest BCUT2D eigenvalue weighted by Crippen LogP contribution is 2.29. The second kappa shape index (κ2) is 5.97. The standard InChI is InChI=1S/C17H15FN2O2/c18-13-5-3-4-12(10-13)8-9-17(22)20-11-16(21)19-14-6-1-2-7-15(14)20/h1-7,10H,8-9,11H2,(H,19,21). The van der Waals surface area contributed by atoms with E-state index in [9.17, 15) is 14.0 Å². The van der Waals surface area contributed by atoms with Crippen molar-refractivity contribution in [2.75, 3.05) is 16.8 Å². The Kier molecular flexibility index (Phi) is 3.87. The van der Waals surface area contributed by atoms with E-state index in [1.807, 2.05) is 6.07 Å². The summed E-state index contributed by atoms with van der Waals surface area (Å²) in [5, 5.41) is 2.74. The van der Waals surface area contributed by atoms with Crippen molar-refractivity contribution >= 4 is 23.2 Å². The summed E-state index contributed by atoms with van der Waals surface area (Å²) in [7, 11) is 0. The van der Waals surface area contributed by atoms with Crippen LogP contribution in [0.25, 0.3) is 0 Å². The van der Waals surface area contributed by atoms with E-state index in [2.05, 4.69) is 5.32 Å². The fourth-order valence-corrected chi connectivity index (χ4v) is 2.53. The van der Waals surface area contributed by atoms with Crippen molar-refractivity contribution in [1.29, 1.82) is 0 Å². The lowest BCUT2D eigenvalue weighted by molar-refractivity contribution is -0.121. The molecular formula is C17H15FN2O2. The maximum atomic E-state index is 13.1. The van der Waals surface area contributed by atoms with Gasteiger partial charge in [0.05, 0.1) is 11.4 Å². The Morgan fingerprint density at radius 2 is 2.00 bits per heavy atom. The van der Waals surface area contributed by atoms with Gasteiger partial charge in [-0.05, 0) is 36.2 Å². The number of hydrogen-bond donors (Lipinski definition) is 1. The summed E-state index contributed by atoms with van der Waals surface area (Å²) in [6, 6.07) is 13.4. The zero-order valence-corrected chi connectivity index (χ0v) is 11.9. The number of nitrogens with one attached hydrogen (secondary N) is 1. The third-order valence-corrected chi connectivity index (χ3v) is 3.59. The zero-order chi connectivity index (χ0) is 15.5. The lowest BCUT2D eigenvalue weighted by Crippen LogP contribution is -2.42. The summed E-state index contributed by atoms with van der Waals surface area (Å²) >= 11 is 0. The molecule has 0 atom stereocenters. The molecule has 0 saturated heterocycles. The van der Waals surface area contributed by atoms with Crippen LogP contribution < -0.4 is 10.2 Å². The predicted molar refractivity (Wildman–Crippen MR) is 82.1 cm³/mol. The topological polar surface area (TPSA) is 49.4 Å². The summed E-state index contributed by atoms with van der Waals surface area (Å²) in [4.78, 5) is 25.6. The van der Waals surface area contributed by atoms with E-state index < -0.39 is 0 Å². The lowest BCUT2D eigenvalue weighted by atomic mass is 10.1.